The lowest BCUT2D eigenvalue weighted by Gasteiger charge is -2.12. The number of anilines is 1. The van der Waals surface area contributed by atoms with Crippen LogP contribution in [0, 0.1) is 5.82 Å². The van der Waals surface area contributed by atoms with Gasteiger partial charge in [0.2, 0.25) is 12.7 Å². The van der Waals surface area contributed by atoms with Crippen LogP contribution in [-0.4, -0.2) is 30.3 Å². The molecule has 0 radical (unpaired) electrons. The molecule has 0 aromatic heterocycles. The SMILES string of the molecule is O=C(CSc1ccc(NC(=O)C(=Cc2ccc(Br)cc2)NC(=O)c2ccccc2F)cc1)NCc1ccc2c(c1)OCO2. The summed E-state index contributed by atoms with van der Waals surface area (Å²) >= 11 is 4.72. The van der Waals surface area contributed by atoms with Crippen molar-refractivity contribution in [2.24, 2.45) is 0 Å². The lowest BCUT2D eigenvalue weighted by Crippen LogP contribution is -2.31. The Morgan fingerprint density at radius 3 is 2.42 bits per heavy atom. The van der Waals surface area contributed by atoms with Crippen molar-refractivity contribution >= 4 is 57.2 Å². The van der Waals surface area contributed by atoms with Gasteiger partial charge in [-0.2, -0.15) is 0 Å². The van der Waals surface area contributed by atoms with Gasteiger partial charge in [0.05, 0.1) is 11.3 Å². The van der Waals surface area contributed by atoms with Gasteiger partial charge in [-0.1, -0.05) is 46.3 Å². The van der Waals surface area contributed by atoms with Crippen molar-refractivity contribution in [2.75, 3.05) is 17.9 Å². The number of thioether (sulfide) groups is 1. The van der Waals surface area contributed by atoms with E-state index in [-0.39, 0.29) is 29.7 Å². The van der Waals surface area contributed by atoms with Gasteiger partial charge in [0, 0.05) is 21.6 Å². The second-order valence-corrected chi connectivity index (χ2v) is 11.2. The van der Waals surface area contributed by atoms with Crippen LogP contribution in [0.5, 0.6) is 11.5 Å². The van der Waals surface area contributed by atoms with E-state index in [1.807, 2.05) is 18.2 Å². The Balaban J connectivity index is 1.18. The number of fused-ring (bicyclic) bond motifs is 1. The Bertz CT molecular complexity index is 1680. The van der Waals surface area contributed by atoms with Crippen molar-refractivity contribution in [2.45, 2.75) is 11.4 Å². The average molecular weight is 663 g/mol. The monoisotopic (exact) mass is 661 g/mol. The minimum absolute atomic E-state index is 0.0619. The van der Waals surface area contributed by atoms with E-state index in [9.17, 15) is 18.8 Å². The van der Waals surface area contributed by atoms with Gasteiger partial charge in [-0.05, 0) is 77.9 Å². The number of rotatable bonds is 10. The number of nitrogens with one attached hydrogen (secondary N) is 3. The summed E-state index contributed by atoms with van der Waals surface area (Å²) < 4.78 is 25.7. The zero-order valence-electron chi connectivity index (χ0n) is 22.6. The van der Waals surface area contributed by atoms with Crippen molar-refractivity contribution in [3.63, 3.8) is 0 Å². The molecule has 3 amide bonds. The molecule has 1 aliphatic heterocycles. The first-order chi connectivity index (χ1) is 20.8. The fourth-order valence-electron chi connectivity index (χ4n) is 4.00. The maximum absolute atomic E-state index is 14.2. The van der Waals surface area contributed by atoms with Crippen LogP contribution in [0.2, 0.25) is 0 Å². The predicted molar refractivity (Wildman–Crippen MR) is 166 cm³/mol. The first-order valence-electron chi connectivity index (χ1n) is 13.1. The summed E-state index contributed by atoms with van der Waals surface area (Å²) in [6.07, 6.45) is 1.51. The molecule has 43 heavy (non-hydrogen) atoms. The van der Waals surface area contributed by atoms with Crippen LogP contribution < -0.4 is 25.4 Å². The van der Waals surface area contributed by atoms with Crippen molar-refractivity contribution in [3.05, 3.63) is 124 Å². The van der Waals surface area contributed by atoms with Crippen LogP contribution in [0.3, 0.4) is 0 Å². The quantitative estimate of drug-likeness (QED) is 0.139. The zero-order valence-corrected chi connectivity index (χ0v) is 25.0. The van der Waals surface area contributed by atoms with Crippen molar-refractivity contribution < 1.29 is 28.2 Å². The minimum atomic E-state index is -0.750. The van der Waals surface area contributed by atoms with Gasteiger partial charge in [0.1, 0.15) is 11.5 Å². The standard InChI is InChI=1S/C32H25BrFN3O5S/c33-22-8-5-20(6-9-22)15-27(37-31(39)25-3-1-2-4-26(25)34)32(40)36-23-10-12-24(13-11-23)43-18-30(38)35-17-21-7-14-28-29(16-21)42-19-41-28/h1-16H,17-19H2,(H,35,38)(H,36,40)(H,37,39). The summed E-state index contributed by atoms with van der Waals surface area (Å²) in [5.74, 6) is -0.605. The molecule has 0 spiro atoms. The molecule has 4 aromatic carbocycles. The molecule has 0 saturated carbocycles. The van der Waals surface area contributed by atoms with Crippen LogP contribution >= 0.6 is 27.7 Å². The summed E-state index contributed by atoms with van der Waals surface area (Å²) in [4.78, 5) is 39.2. The molecule has 1 aliphatic rings. The Labute approximate surface area is 259 Å². The highest BCUT2D eigenvalue weighted by molar-refractivity contribution is 9.10. The number of carbonyl (C=O) groups is 3. The maximum Gasteiger partial charge on any atom is 0.272 e. The lowest BCUT2D eigenvalue weighted by molar-refractivity contribution is -0.118. The molecule has 0 saturated heterocycles. The normalized spacial score (nSPS) is 12.0. The van der Waals surface area contributed by atoms with Crippen LogP contribution in [-0.2, 0) is 16.1 Å². The van der Waals surface area contributed by atoms with Gasteiger partial charge in [0.15, 0.2) is 11.5 Å². The van der Waals surface area contributed by atoms with Crippen LogP contribution in [0.25, 0.3) is 6.08 Å². The topological polar surface area (TPSA) is 106 Å². The second kappa shape index (κ2) is 14.0. The Kier molecular flexibility index (Phi) is 9.75. The van der Waals surface area contributed by atoms with Crippen LogP contribution in [0.1, 0.15) is 21.5 Å². The number of hydrogen-bond acceptors (Lipinski definition) is 6. The number of amides is 3. The molecule has 8 nitrogen and oxygen atoms in total. The van der Waals surface area contributed by atoms with Crippen molar-refractivity contribution in [1.82, 2.24) is 10.6 Å². The number of carbonyl (C=O) groups excluding carboxylic acids is 3. The van der Waals surface area contributed by atoms with E-state index in [4.69, 9.17) is 9.47 Å². The van der Waals surface area contributed by atoms with Gasteiger partial charge >= 0.3 is 0 Å². The van der Waals surface area contributed by atoms with Gasteiger partial charge in [-0.25, -0.2) is 4.39 Å². The van der Waals surface area contributed by atoms with Crippen molar-refractivity contribution in [3.8, 4) is 11.5 Å². The molecule has 3 N–H and O–H groups in total. The highest BCUT2D eigenvalue weighted by Crippen LogP contribution is 2.32. The van der Waals surface area contributed by atoms with Crippen LogP contribution in [0.4, 0.5) is 10.1 Å². The van der Waals surface area contributed by atoms with Gasteiger partial charge in [0.25, 0.3) is 11.8 Å². The van der Waals surface area contributed by atoms with Crippen molar-refractivity contribution in [1.29, 1.82) is 0 Å². The highest BCUT2D eigenvalue weighted by atomic mass is 79.9. The summed E-state index contributed by atoms with van der Waals surface area (Å²) in [6, 6.07) is 25.2. The van der Waals surface area contributed by atoms with Gasteiger partial charge < -0.3 is 25.4 Å². The van der Waals surface area contributed by atoms with E-state index in [1.54, 1.807) is 54.6 Å². The third-order valence-electron chi connectivity index (χ3n) is 6.20. The molecule has 1 heterocycles. The summed E-state index contributed by atoms with van der Waals surface area (Å²) in [5.41, 5.74) is 1.79. The fourth-order valence-corrected chi connectivity index (χ4v) is 5.00. The molecule has 4 aromatic rings. The summed E-state index contributed by atoms with van der Waals surface area (Å²) in [6.45, 7) is 0.560. The molecule has 0 atom stereocenters. The Morgan fingerprint density at radius 2 is 1.65 bits per heavy atom. The fraction of sp³-hybridized carbons (Fsp3) is 0.0938. The first-order valence-corrected chi connectivity index (χ1v) is 14.8. The van der Waals surface area contributed by atoms with E-state index in [2.05, 4.69) is 31.9 Å². The molecular weight excluding hydrogens is 637 g/mol. The third kappa shape index (κ3) is 8.24. The predicted octanol–water partition coefficient (Wildman–Crippen LogP) is 6.14. The lowest BCUT2D eigenvalue weighted by atomic mass is 10.1. The summed E-state index contributed by atoms with van der Waals surface area (Å²) in [5, 5.41) is 8.18. The Morgan fingerprint density at radius 1 is 0.907 bits per heavy atom. The van der Waals surface area contributed by atoms with E-state index >= 15 is 0 Å². The average Bonchev–Trinajstić information content (AvgIpc) is 3.48. The molecule has 218 valence electrons. The molecule has 11 heteroatoms. The molecule has 0 bridgehead atoms. The smallest absolute Gasteiger partial charge is 0.272 e. The molecule has 0 fully saturated rings. The highest BCUT2D eigenvalue weighted by Gasteiger charge is 2.18. The molecule has 5 rings (SSSR count). The van der Waals surface area contributed by atoms with E-state index in [0.717, 1.165) is 14.9 Å². The van der Waals surface area contributed by atoms with E-state index in [1.165, 1.54) is 36.0 Å². The van der Waals surface area contributed by atoms with Crippen LogP contribution in [0.15, 0.2) is 106 Å². The number of halogens is 2. The third-order valence-corrected chi connectivity index (χ3v) is 7.74. The summed E-state index contributed by atoms with van der Waals surface area (Å²) in [7, 11) is 0. The second-order valence-electron chi connectivity index (χ2n) is 9.28. The Hall–Kier alpha value is -4.61. The van der Waals surface area contributed by atoms with Gasteiger partial charge in [-0.15, -0.1) is 11.8 Å². The number of hydrogen-bond donors (Lipinski definition) is 3. The minimum Gasteiger partial charge on any atom is -0.454 e. The van der Waals surface area contributed by atoms with E-state index in [0.29, 0.717) is 29.3 Å². The molecule has 0 unspecified atom stereocenters. The van der Waals surface area contributed by atoms with Gasteiger partial charge in [-0.3, -0.25) is 14.4 Å². The largest absolute Gasteiger partial charge is 0.454 e. The molecular formula is C32H25BrFN3O5S. The first kappa shape index (κ1) is 29.9. The van der Waals surface area contributed by atoms with E-state index < -0.39 is 17.6 Å². The maximum atomic E-state index is 14.2. The number of benzene rings is 4. The molecule has 0 aliphatic carbocycles. The number of ether oxygens (including phenoxy) is 2. The zero-order chi connectivity index (χ0) is 30.2.